The van der Waals surface area contributed by atoms with Crippen LogP contribution in [0.2, 0.25) is 0 Å². The van der Waals surface area contributed by atoms with E-state index in [-0.39, 0.29) is 6.61 Å². The van der Waals surface area contributed by atoms with Crippen LogP contribution >= 0.6 is 11.3 Å². The largest absolute Gasteiger partial charge is 0.462 e. The molecule has 1 amide bonds. The number of rotatable bonds is 8. The zero-order chi connectivity index (χ0) is 25.5. The molecule has 0 spiro atoms. The van der Waals surface area contributed by atoms with Crippen LogP contribution in [0.4, 0.5) is 5.00 Å². The van der Waals surface area contributed by atoms with Crippen LogP contribution in [-0.2, 0) is 27.1 Å². The van der Waals surface area contributed by atoms with Crippen molar-refractivity contribution >= 4 is 34.2 Å². The molecule has 1 aromatic carbocycles. The number of hydrogen-bond donors (Lipinski definition) is 2. The second kappa shape index (κ2) is 12.0. The van der Waals surface area contributed by atoms with Gasteiger partial charge in [0.05, 0.1) is 17.7 Å². The monoisotopic (exact) mass is 509 g/mol. The molecule has 4 rings (SSSR count). The summed E-state index contributed by atoms with van der Waals surface area (Å²) in [7, 11) is 0. The molecule has 1 aliphatic carbocycles. The number of nitrogens with one attached hydrogen (secondary N) is 2. The quantitative estimate of drug-likeness (QED) is 0.385. The average molecular weight is 510 g/mol. The van der Waals surface area contributed by atoms with Crippen LogP contribution in [-0.4, -0.2) is 40.5 Å². The second-order valence-corrected chi connectivity index (χ2v) is 9.75. The smallest absolute Gasteiger partial charge is 0.341 e. The number of amides is 1. The van der Waals surface area contributed by atoms with Gasteiger partial charge < -0.3 is 19.8 Å². The van der Waals surface area contributed by atoms with Gasteiger partial charge in [-0.25, -0.2) is 14.6 Å². The number of carbonyl (C=O) groups is 3. The highest BCUT2D eigenvalue weighted by Gasteiger charge is 2.29. The van der Waals surface area contributed by atoms with Crippen molar-refractivity contribution in [3.63, 3.8) is 0 Å². The van der Waals surface area contributed by atoms with Gasteiger partial charge in [0.15, 0.2) is 6.10 Å². The van der Waals surface area contributed by atoms with Gasteiger partial charge in [0, 0.05) is 22.8 Å². The van der Waals surface area contributed by atoms with E-state index >= 15 is 0 Å². The first-order valence-corrected chi connectivity index (χ1v) is 13.3. The Morgan fingerprint density at radius 1 is 1.06 bits per heavy atom. The minimum atomic E-state index is -0.998. The minimum absolute atomic E-state index is 0.255. The van der Waals surface area contributed by atoms with E-state index in [1.54, 1.807) is 50.5 Å². The van der Waals surface area contributed by atoms with Crippen molar-refractivity contribution in [3.8, 4) is 11.4 Å². The van der Waals surface area contributed by atoms with Gasteiger partial charge >= 0.3 is 11.9 Å². The zero-order valence-corrected chi connectivity index (χ0v) is 21.4. The van der Waals surface area contributed by atoms with E-state index in [0.29, 0.717) is 28.4 Å². The summed E-state index contributed by atoms with van der Waals surface area (Å²) in [6.45, 7) is 3.79. The lowest BCUT2D eigenvalue weighted by atomic mass is 9.96. The van der Waals surface area contributed by atoms with Crippen LogP contribution < -0.4 is 5.32 Å². The highest BCUT2D eigenvalue weighted by Crippen LogP contribution is 2.37. The second-order valence-electron chi connectivity index (χ2n) is 8.65. The van der Waals surface area contributed by atoms with E-state index in [1.165, 1.54) is 11.3 Å². The van der Waals surface area contributed by atoms with Gasteiger partial charge in [-0.05, 0) is 56.7 Å². The Morgan fingerprint density at radius 2 is 1.81 bits per heavy atom. The molecule has 2 N–H and O–H groups in total. The highest BCUT2D eigenvalue weighted by molar-refractivity contribution is 7.17. The summed E-state index contributed by atoms with van der Waals surface area (Å²) in [5.74, 6) is -0.777. The topological polar surface area (TPSA) is 110 Å². The maximum absolute atomic E-state index is 13.2. The third kappa shape index (κ3) is 5.84. The number of aromatic nitrogens is 2. The first-order valence-electron chi connectivity index (χ1n) is 12.4. The van der Waals surface area contributed by atoms with Crippen LogP contribution in [0.15, 0.2) is 36.7 Å². The van der Waals surface area contributed by atoms with Crippen LogP contribution in [0.1, 0.15) is 77.1 Å². The van der Waals surface area contributed by atoms with Crippen molar-refractivity contribution in [2.45, 2.75) is 64.9 Å². The lowest BCUT2D eigenvalue weighted by molar-refractivity contribution is -0.124. The average Bonchev–Trinajstić information content (AvgIpc) is 3.51. The van der Waals surface area contributed by atoms with Gasteiger partial charge in [0.2, 0.25) is 0 Å². The Kier molecular flexibility index (Phi) is 8.53. The van der Waals surface area contributed by atoms with Gasteiger partial charge in [-0.15, -0.1) is 11.3 Å². The van der Waals surface area contributed by atoms with E-state index in [9.17, 15) is 14.4 Å². The van der Waals surface area contributed by atoms with Crippen LogP contribution in [0.3, 0.4) is 0 Å². The summed E-state index contributed by atoms with van der Waals surface area (Å²) < 4.78 is 10.9. The van der Waals surface area contributed by atoms with Gasteiger partial charge in [0.1, 0.15) is 10.8 Å². The van der Waals surface area contributed by atoms with Crippen molar-refractivity contribution in [1.82, 2.24) is 9.97 Å². The Bertz CT molecular complexity index is 1200. The molecule has 0 bridgehead atoms. The van der Waals surface area contributed by atoms with Crippen LogP contribution in [0, 0.1) is 0 Å². The first kappa shape index (κ1) is 25.6. The molecule has 2 aromatic heterocycles. The van der Waals surface area contributed by atoms with Crippen molar-refractivity contribution in [2.75, 3.05) is 11.9 Å². The molecule has 0 saturated carbocycles. The Labute approximate surface area is 214 Å². The Morgan fingerprint density at radius 3 is 2.47 bits per heavy atom. The number of nitrogens with zero attached hydrogens (tertiary/aromatic N) is 1. The van der Waals surface area contributed by atoms with Crippen molar-refractivity contribution in [3.05, 3.63) is 58.2 Å². The van der Waals surface area contributed by atoms with E-state index in [1.807, 2.05) is 0 Å². The maximum Gasteiger partial charge on any atom is 0.341 e. The van der Waals surface area contributed by atoms with Gasteiger partial charge in [-0.1, -0.05) is 31.9 Å². The summed E-state index contributed by atoms with van der Waals surface area (Å²) >= 11 is 1.43. The number of imidazole rings is 1. The molecule has 0 fully saturated rings. The summed E-state index contributed by atoms with van der Waals surface area (Å²) in [6, 6.07) is 6.82. The number of thiophene rings is 1. The third-order valence-electron chi connectivity index (χ3n) is 6.19. The number of esters is 2. The molecule has 0 saturated heterocycles. The number of carbonyl (C=O) groups excluding carboxylic acids is 3. The number of ether oxygens (including phenoxy) is 2. The summed E-state index contributed by atoms with van der Waals surface area (Å²) in [5, 5.41) is 3.35. The summed E-state index contributed by atoms with van der Waals surface area (Å²) in [6.07, 6.45) is 8.67. The molecule has 190 valence electrons. The lowest BCUT2D eigenvalue weighted by Gasteiger charge is -2.16. The van der Waals surface area contributed by atoms with Crippen molar-refractivity contribution in [1.29, 1.82) is 0 Å². The zero-order valence-electron chi connectivity index (χ0n) is 20.6. The standard InChI is InChI=1S/C27H31N3O5S/c1-3-20(35-26(32)18-13-11-17(12-14-18)23-28-15-16-29-23)24(31)30-25-22(27(33)34-4-2)19-9-7-5-6-8-10-21(19)36-25/h11-16,20H,3-10H2,1-2H3,(H,28,29)(H,30,31). The first-order chi connectivity index (χ1) is 17.5. The van der Waals surface area contributed by atoms with Gasteiger partial charge in [0.25, 0.3) is 5.91 Å². The Hall–Kier alpha value is -3.46. The summed E-state index contributed by atoms with van der Waals surface area (Å²) in [4.78, 5) is 47.1. The maximum atomic E-state index is 13.2. The number of benzene rings is 1. The number of aryl methyl sites for hydroxylation is 1. The highest BCUT2D eigenvalue weighted by atomic mass is 32.1. The molecule has 8 nitrogen and oxygen atoms in total. The molecule has 0 aliphatic heterocycles. The molecule has 1 atom stereocenters. The fourth-order valence-corrected chi connectivity index (χ4v) is 5.61. The number of hydrogen-bond acceptors (Lipinski definition) is 7. The molecular formula is C27H31N3O5S. The molecule has 36 heavy (non-hydrogen) atoms. The molecule has 2 heterocycles. The third-order valence-corrected chi connectivity index (χ3v) is 7.40. The van der Waals surface area contributed by atoms with Gasteiger partial charge in [-0.3, -0.25) is 4.79 Å². The van der Waals surface area contributed by atoms with Crippen LogP contribution in [0.5, 0.6) is 0 Å². The fourth-order valence-electron chi connectivity index (χ4n) is 4.33. The summed E-state index contributed by atoms with van der Waals surface area (Å²) in [5.41, 5.74) is 2.60. The number of fused-ring (bicyclic) bond motifs is 1. The van der Waals surface area contributed by atoms with E-state index in [2.05, 4.69) is 15.3 Å². The number of anilines is 1. The van der Waals surface area contributed by atoms with Crippen LogP contribution in [0.25, 0.3) is 11.4 Å². The van der Waals surface area contributed by atoms with Crippen molar-refractivity contribution in [2.24, 2.45) is 0 Å². The molecule has 9 heteroatoms. The Balaban J connectivity index is 1.49. The number of aromatic amines is 1. The molecule has 1 unspecified atom stereocenters. The van der Waals surface area contributed by atoms with E-state index in [4.69, 9.17) is 9.47 Å². The SMILES string of the molecule is CCOC(=O)c1c(NC(=O)C(CC)OC(=O)c2ccc(-c3ncc[nH]3)cc2)sc2c1CCCCCC2. The van der Waals surface area contributed by atoms with E-state index < -0.39 is 23.9 Å². The molecule has 1 aliphatic rings. The normalized spacial score (nSPS) is 14.2. The van der Waals surface area contributed by atoms with Crippen molar-refractivity contribution < 1.29 is 23.9 Å². The minimum Gasteiger partial charge on any atom is -0.462 e. The predicted molar refractivity (Wildman–Crippen MR) is 138 cm³/mol. The number of H-pyrrole nitrogens is 1. The molecule has 0 radical (unpaired) electrons. The lowest BCUT2D eigenvalue weighted by Crippen LogP contribution is -2.32. The predicted octanol–water partition coefficient (Wildman–Crippen LogP) is 5.55. The molecular weight excluding hydrogens is 478 g/mol. The molecule has 3 aromatic rings. The van der Waals surface area contributed by atoms with E-state index in [0.717, 1.165) is 54.5 Å². The van der Waals surface area contributed by atoms with Gasteiger partial charge in [-0.2, -0.15) is 0 Å². The fraction of sp³-hybridized carbons (Fsp3) is 0.407.